The summed E-state index contributed by atoms with van der Waals surface area (Å²) < 4.78 is 5.32. The van der Waals surface area contributed by atoms with Crippen molar-refractivity contribution in [2.24, 2.45) is 17.8 Å². The Kier molecular flexibility index (Phi) is 10.1. The summed E-state index contributed by atoms with van der Waals surface area (Å²) in [7, 11) is 0. The average molecular weight is 404 g/mol. The molecular weight excluding hydrogens is 370 g/mol. The summed E-state index contributed by atoms with van der Waals surface area (Å²) in [5.74, 6) is -3.57. The fraction of sp³-hybridized carbons (Fsp3) is 0.522. The van der Waals surface area contributed by atoms with Crippen molar-refractivity contribution in [2.75, 3.05) is 0 Å². The molecule has 1 aromatic carbocycles. The van der Waals surface area contributed by atoms with Gasteiger partial charge in [0.25, 0.3) is 0 Å². The lowest BCUT2D eigenvalue weighted by Crippen LogP contribution is -2.48. The van der Waals surface area contributed by atoms with Gasteiger partial charge in [0, 0.05) is 6.42 Å². The highest BCUT2D eigenvalue weighted by Crippen LogP contribution is 2.25. The van der Waals surface area contributed by atoms with Gasteiger partial charge in [0.1, 0.15) is 6.04 Å². The smallest absolute Gasteiger partial charge is 0.329 e. The van der Waals surface area contributed by atoms with Crippen LogP contribution in [0.3, 0.4) is 0 Å². The molecule has 0 bridgehead atoms. The minimum atomic E-state index is -1.05. The van der Waals surface area contributed by atoms with Gasteiger partial charge in [-0.25, -0.2) is 4.79 Å². The molecule has 3 atom stereocenters. The van der Waals surface area contributed by atoms with Gasteiger partial charge >= 0.3 is 11.9 Å². The van der Waals surface area contributed by atoms with Gasteiger partial charge in [0.05, 0.1) is 17.9 Å². The molecular formula is C23H33NO5. The lowest BCUT2D eigenvalue weighted by molar-refractivity contribution is -0.153. The van der Waals surface area contributed by atoms with Crippen LogP contribution in [0.4, 0.5) is 0 Å². The number of benzene rings is 1. The number of nitrogens with one attached hydrogen (secondary N) is 1. The first-order chi connectivity index (χ1) is 13.6. The highest BCUT2D eigenvalue weighted by Gasteiger charge is 2.35. The van der Waals surface area contributed by atoms with Crippen molar-refractivity contribution in [2.45, 2.75) is 59.1 Å². The number of allylic oxidation sites excluding steroid dienone is 1. The van der Waals surface area contributed by atoms with Gasteiger partial charge in [-0.3, -0.25) is 9.59 Å². The van der Waals surface area contributed by atoms with Gasteiger partial charge in [-0.05, 0) is 38.2 Å². The van der Waals surface area contributed by atoms with E-state index in [-0.39, 0.29) is 24.9 Å². The molecule has 0 saturated heterocycles. The normalized spacial score (nSPS) is 14.1. The molecule has 1 rings (SSSR count). The molecule has 0 aliphatic heterocycles. The van der Waals surface area contributed by atoms with Crippen molar-refractivity contribution >= 4 is 17.8 Å². The van der Waals surface area contributed by atoms with Gasteiger partial charge in [-0.15, -0.1) is 6.58 Å². The number of carbonyl (C=O) groups is 3. The molecule has 0 aliphatic carbocycles. The SMILES string of the molecule is C=CC[C@H](C(=O)O)[C@@H](CC(C)C)C(=O)N[C@@H](Cc1ccccc1)C(=O)OC(C)C. The van der Waals surface area contributed by atoms with Crippen molar-refractivity contribution in [3.63, 3.8) is 0 Å². The molecule has 0 unspecified atom stereocenters. The van der Waals surface area contributed by atoms with Gasteiger partial charge in [0.2, 0.25) is 5.91 Å². The highest BCUT2D eigenvalue weighted by molar-refractivity contribution is 5.89. The van der Waals surface area contributed by atoms with Crippen LogP contribution in [-0.2, 0) is 25.5 Å². The number of carbonyl (C=O) groups excluding carboxylic acids is 2. The van der Waals surface area contributed by atoms with Crippen LogP contribution in [-0.4, -0.2) is 35.1 Å². The Morgan fingerprint density at radius 2 is 1.72 bits per heavy atom. The molecule has 0 radical (unpaired) electrons. The second-order valence-electron chi connectivity index (χ2n) is 7.94. The van der Waals surface area contributed by atoms with Crippen LogP contribution in [0, 0.1) is 17.8 Å². The first-order valence-electron chi connectivity index (χ1n) is 10.0. The molecule has 1 aromatic rings. The van der Waals surface area contributed by atoms with Crippen LogP contribution < -0.4 is 5.32 Å². The van der Waals surface area contributed by atoms with Gasteiger partial charge < -0.3 is 15.2 Å². The second-order valence-corrected chi connectivity index (χ2v) is 7.94. The molecule has 0 aromatic heterocycles. The Balaban J connectivity index is 3.10. The maximum Gasteiger partial charge on any atom is 0.329 e. The first-order valence-corrected chi connectivity index (χ1v) is 10.0. The molecule has 0 fully saturated rings. The standard InChI is InChI=1S/C23H33NO5/c1-6-10-18(22(26)27)19(13-15(2)3)21(25)24-20(23(28)29-16(4)5)14-17-11-8-7-9-12-17/h6-9,11-12,15-16,18-20H,1,10,13-14H2,2-5H3,(H,24,25)(H,26,27)/t18-,19+,20-/m0/s1. The monoisotopic (exact) mass is 403 g/mol. The molecule has 6 nitrogen and oxygen atoms in total. The van der Waals surface area contributed by atoms with Gasteiger partial charge in [-0.2, -0.15) is 0 Å². The van der Waals surface area contributed by atoms with Crippen LogP contribution in [0.15, 0.2) is 43.0 Å². The second kappa shape index (κ2) is 12.0. The third kappa shape index (κ3) is 8.50. The van der Waals surface area contributed by atoms with E-state index in [4.69, 9.17) is 4.74 Å². The van der Waals surface area contributed by atoms with E-state index in [1.165, 1.54) is 6.08 Å². The van der Waals surface area contributed by atoms with E-state index < -0.39 is 35.7 Å². The Labute approximate surface area is 173 Å². The molecule has 1 amide bonds. The summed E-state index contributed by atoms with van der Waals surface area (Å²) >= 11 is 0. The fourth-order valence-corrected chi connectivity index (χ4v) is 3.21. The topological polar surface area (TPSA) is 92.7 Å². The Morgan fingerprint density at radius 1 is 1.10 bits per heavy atom. The van der Waals surface area contributed by atoms with E-state index in [1.54, 1.807) is 13.8 Å². The van der Waals surface area contributed by atoms with E-state index in [0.29, 0.717) is 6.42 Å². The van der Waals surface area contributed by atoms with Crippen LogP contribution in [0.1, 0.15) is 46.1 Å². The fourth-order valence-electron chi connectivity index (χ4n) is 3.21. The largest absolute Gasteiger partial charge is 0.481 e. The lowest BCUT2D eigenvalue weighted by atomic mass is 9.82. The number of carboxylic acids is 1. The van der Waals surface area contributed by atoms with E-state index in [2.05, 4.69) is 11.9 Å². The van der Waals surface area contributed by atoms with Crippen LogP contribution >= 0.6 is 0 Å². The maximum absolute atomic E-state index is 13.1. The number of ether oxygens (including phenoxy) is 1. The quantitative estimate of drug-likeness (QED) is 0.411. The summed E-state index contributed by atoms with van der Waals surface area (Å²) in [4.78, 5) is 37.4. The Hall–Kier alpha value is -2.63. The zero-order valence-corrected chi connectivity index (χ0v) is 17.8. The third-order valence-corrected chi connectivity index (χ3v) is 4.52. The number of hydrogen-bond acceptors (Lipinski definition) is 4. The molecule has 0 heterocycles. The number of esters is 1. The highest BCUT2D eigenvalue weighted by atomic mass is 16.5. The number of amides is 1. The number of hydrogen-bond donors (Lipinski definition) is 2. The first kappa shape index (κ1) is 24.4. The molecule has 0 saturated carbocycles. The predicted octanol–water partition coefficient (Wildman–Crippen LogP) is 3.60. The molecule has 2 N–H and O–H groups in total. The van der Waals surface area contributed by atoms with E-state index in [0.717, 1.165) is 5.56 Å². The summed E-state index contributed by atoms with van der Waals surface area (Å²) in [6, 6.07) is 8.42. The summed E-state index contributed by atoms with van der Waals surface area (Å²) in [5.41, 5.74) is 0.875. The van der Waals surface area contributed by atoms with E-state index in [1.807, 2.05) is 44.2 Å². The lowest BCUT2D eigenvalue weighted by Gasteiger charge is -2.27. The average Bonchev–Trinajstić information content (AvgIpc) is 2.63. The van der Waals surface area contributed by atoms with Crippen molar-refractivity contribution in [3.05, 3.63) is 48.6 Å². The van der Waals surface area contributed by atoms with Gasteiger partial charge in [-0.1, -0.05) is 50.3 Å². The Bertz CT molecular complexity index is 684. The number of rotatable bonds is 12. The van der Waals surface area contributed by atoms with Crippen LogP contribution in [0.25, 0.3) is 0 Å². The molecule has 0 aliphatic rings. The summed E-state index contributed by atoms with van der Waals surface area (Å²) in [6.45, 7) is 11.0. The number of aliphatic carboxylic acids is 1. The van der Waals surface area contributed by atoms with E-state index >= 15 is 0 Å². The summed E-state index contributed by atoms with van der Waals surface area (Å²) in [5, 5.41) is 12.4. The predicted molar refractivity (Wildman–Crippen MR) is 112 cm³/mol. The zero-order chi connectivity index (χ0) is 22.0. The molecule has 29 heavy (non-hydrogen) atoms. The maximum atomic E-state index is 13.1. The zero-order valence-electron chi connectivity index (χ0n) is 17.8. The van der Waals surface area contributed by atoms with Crippen molar-refractivity contribution in [1.82, 2.24) is 5.32 Å². The van der Waals surface area contributed by atoms with Crippen molar-refractivity contribution < 1.29 is 24.2 Å². The Morgan fingerprint density at radius 3 is 2.21 bits per heavy atom. The summed E-state index contributed by atoms with van der Waals surface area (Å²) in [6.07, 6.45) is 2.03. The van der Waals surface area contributed by atoms with Crippen LogP contribution in [0.5, 0.6) is 0 Å². The molecule has 160 valence electrons. The van der Waals surface area contributed by atoms with Crippen molar-refractivity contribution in [1.29, 1.82) is 0 Å². The number of carboxylic acid groups (broad SMARTS) is 1. The van der Waals surface area contributed by atoms with Crippen LogP contribution in [0.2, 0.25) is 0 Å². The van der Waals surface area contributed by atoms with E-state index in [9.17, 15) is 19.5 Å². The third-order valence-electron chi connectivity index (χ3n) is 4.52. The molecule has 6 heteroatoms. The minimum Gasteiger partial charge on any atom is -0.481 e. The minimum absolute atomic E-state index is 0.118. The van der Waals surface area contributed by atoms with Crippen molar-refractivity contribution in [3.8, 4) is 0 Å². The molecule has 0 spiro atoms. The van der Waals surface area contributed by atoms with Gasteiger partial charge in [0.15, 0.2) is 0 Å².